The van der Waals surface area contributed by atoms with Crippen molar-refractivity contribution in [2.45, 2.75) is 93.3 Å². The summed E-state index contributed by atoms with van der Waals surface area (Å²) in [5.74, 6) is -0.846. The number of benzene rings is 3. The van der Waals surface area contributed by atoms with Crippen LogP contribution in [0.15, 0.2) is 117 Å². The number of nitrogens with one attached hydrogen (secondary N) is 1. The van der Waals surface area contributed by atoms with Crippen LogP contribution in [0.25, 0.3) is 0 Å². The van der Waals surface area contributed by atoms with E-state index in [1.54, 1.807) is 24.3 Å². The van der Waals surface area contributed by atoms with Crippen molar-refractivity contribution in [2.75, 3.05) is 78.7 Å². The van der Waals surface area contributed by atoms with E-state index in [2.05, 4.69) is 109 Å². The molecule has 3 aromatic rings. The maximum atomic E-state index is 12.3. The van der Waals surface area contributed by atoms with Crippen LogP contribution in [0.1, 0.15) is 82.9 Å². The zero-order chi connectivity index (χ0) is 48.6. The Labute approximate surface area is 392 Å². The number of carbonyl (C=O) groups is 1. The lowest BCUT2D eigenvalue weighted by atomic mass is 9.81. The molecule has 0 unspecified atom stereocenters. The van der Waals surface area contributed by atoms with Gasteiger partial charge in [-0.05, 0) is 110 Å². The van der Waals surface area contributed by atoms with Crippen molar-refractivity contribution in [3.63, 3.8) is 0 Å². The van der Waals surface area contributed by atoms with Crippen molar-refractivity contribution >= 4 is 49.0 Å². The predicted octanol–water partition coefficient (Wildman–Crippen LogP) is 8.48. The summed E-state index contributed by atoms with van der Waals surface area (Å²) in [7, 11) is 4.13. The maximum absolute atomic E-state index is 12.3. The first kappa shape index (κ1) is 50.5. The largest absolute Gasteiger partial charge is 0.481 e. The number of hydrogen-bond acceptors (Lipinski definition) is 7. The summed E-state index contributed by atoms with van der Waals surface area (Å²) < 4.78 is 73.3. The Morgan fingerprint density at radius 3 is 1.98 bits per heavy atom. The molecule has 0 spiro atoms. The van der Waals surface area contributed by atoms with Crippen molar-refractivity contribution in [3.8, 4) is 0 Å². The second kappa shape index (κ2) is 19.0. The van der Waals surface area contributed by atoms with E-state index in [1.807, 2.05) is 24.3 Å². The third-order valence-electron chi connectivity index (χ3n) is 13.0. The third kappa shape index (κ3) is 11.8. The van der Waals surface area contributed by atoms with E-state index in [1.165, 1.54) is 12.1 Å². The monoisotopic (exact) mass is 944 g/mol. The highest BCUT2D eigenvalue weighted by Gasteiger charge is 2.45. The maximum Gasteiger partial charge on any atom is 0.303 e. The van der Waals surface area contributed by atoms with Gasteiger partial charge in [0.15, 0.2) is 12.3 Å². The zero-order valence-corrected chi connectivity index (χ0v) is 42.0. The number of allylic oxidation sites excluding steroid dienone is 7. The Hall–Kier alpha value is -4.90. The highest BCUT2D eigenvalue weighted by molar-refractivity contribution is 7.86. The standard InChI is InChI=1S/C51H67N5O8S2/c1-50(2)42-34-40(65(59,60)61)23-25-44(42)53(30-12-32-55(5,6)7)46(50)27-19-37-14-11-15-38(49(37)52-39-21-16-36(17-22-39)18-29-48(57)58)20-28-47-51(3,4)43-35-41(66(62,63)64)24-26-45(43)54(47)31-13-33-56(8,9)10/h16-17,19-28,34-35H,11-15,18,29-33H2,1-10H3,(H-2,57,58,59,60,61,62,63,64)/p+3/b37-19+,46-27+. The van der Waals surface area contributed by atoms with Gasteiger partial charge in [0.1, 0.15) is 0 Å². The van der Waals surface area contributed by atoms with E-state index in [0.717, 1.165) is 116 Å². The lowest BCUT2D eigenvalue weighted by Gasteiger charge is -2.29. The molecule has 0 amide bonds. The lowest BCUT2D eigenvalue weighted by Crippen LogP contribution is -2.37. The minimum absolute atomic E-state index is 0.0423. The van der Waals surface area contributed by atoms with Gasteiger partial charge in [0.2, 0.25) is 5.69 Å². The molecule has 15 heteroatoms. The van der Waals surface area contributed by atoms with Gasteiger partial charge in [-0.15, -0.1) is 0 Å². The van der Waals surface area contributed by atoms with Crippen LogP contribution in [0.2, 0.25) is 0 Å². The number of hydrogen-bond donors (Lipinski definition) is 4. The summed E-state index contributed by atoms with van der Waals surface area (Å²) in [5.41, 5.74) is 9.17. The molecule has 0 radical (unpaired) electrons. The van der Waals surface area contributed by atoms with Crippen molar-refractivity contribution in [1.82, 2.24) is 0 Å². The van der Waals surface area contributed by atoms with E-state index in [-0.39, 0.29) is 16.2 Å². The Balaban J connectivity index is 1.48. The van der Waals surface area contributed by atoms with Crippen LogP contribution in [0.5, 0.6) is 0 Å². The SMILES string of the molecule is CC1(C)C(/C=C/C2=C(Nc3ccc(CCC(=O)O)cc3)C(=C/C=C3/N(CCC[N+](C)(C)C)c4ccc(S(=O)(=O)O)cc4C3(C)C)/CCC2)=[N+](CCC[N+](C)(C)C)c2ccc(S(=O)(=O)O)cc21. The zero-order valence-electron chi connectivity index (χ0n) is 40.3. The topological polar surface area (TPSA) is 164 Å². The van der Waals surface area contributed by atoms with Gasteiger partial charge in [-0.2, -0.15) is 21.4 Å². The molecule has 0 saturated carbocycles. The van der Waals surface area contributed by atoms with Gasteiger partial charge in [-0.1, -0.05) is 38.1 Å². The van der Waals surface area contributed by atoms with Crippen molar-refractivity contribution in [1.29, 1.82) is 0 Å². The second-order valence-corrected chi connectivity index (χ2v) is 23.9. The van der Waals surface area contributed by atoms with Crippen LogP contribution in [-0.2, 0) is 42.3 Å². The summed E-state index contributed by atoms with van der Waals surface area (Å²) in [5, 5.41) is 13.0. The van der Waals surface area contributed by atoms with Crippen LogP contribution in [0.4, 0.5) is 17.1 Å². The van der Waals surface area contributed by atoms with E-state index >= 15 is 0 Å². The average Bonchev–Trinajstić information content (AvgIpc) is 3.55. The fourth-order valence-electron chi connectivity index (χ4n) is 9.45. The average molecular weight is 945 g/mol. The Bertz CT molecular complexity index is 2750. The quantitative estimate of drug-likeness (QED) is 0.0553. The van der Waals surface area contributed by atoms with Gasteiger partial charge < -0.3 is 24.3 Å². The first-order valence-corrected chi connectivity index (χ1v) is 25.6. The molecule has 2 aliphatic heterocycles. The Morgan fingerprint density at radius 2 is 1.38 bits per heavy atom. The number of quaternary nitrogens is 2. The molecular weight excluding hydrogens is 875 g/mol. The third-order valence-corrected chi connectivity index (χ3v) is 14.7. The van der Waals surface area contributed by atoms with Crippen LogP contribution in [0, 0.1) is 0 Å². The number of fused-ring (bicyclic) bond motifs is 2. The van der Waals surface area contributed by atoms with Crippen LogP contribution < -0.4 is 10.2 Å². The second-order valence-electron chi connectivity index (χ2n) is 21.0. The van der Waals surface area contributed by atoms with Gasteiger partial charge in [0, 0.05) is 65.3 Å². The summed E-state index contributed by atoms with van der Waals surface area (Å²) in [6.45, 7) is 11.6. The van der Waals surface area contributed by atoms with Gasteiger partial charge in [0.05, 0.1) is 77.0 Å². The molecule has 3 aromatic carbocycles. The number of carboxylic acid groups (broad SMARTS) is 1. The van der Waals surface area contributed by atoms with Gasteiger partial charge in [-0.3, -0.25) is 13.9 Å². The molecule has 0 fully saturated rings. The van der Waals surface area contributed by atoms with Gasteiger partial charge in [-0.25, -0.2) is 0 Å². The van der Waals surface area contributed by atoms with E-state index in [4.69, 9.17) is 0 Å². The number of anilines is 2. The van der Waals surface area contributed by atoms with E-state index in [0.29, 0.717) is 19.5 Å². The molecule has 1 aliphatic carbocycles. The molecule has 2 heterocycles. The number of aryl methyl sites for hydroxylation is 1. The molecule has 0 bridgehead atoms. The summed E-state index contributed by atoms with van der Waals surface area (Å²) in [4.78, 5) is 13.3. The molecule has 4 N–H and O–H groups in total. The molecule has 13 nitrogen and oxygen atoms in total. The summed E-state index contributed by atoms with van der Waals surface area (Å²) >= 11 is 0. The molecule has 66 heavy (non-hydrogen) atoms. The number of aliphatic carboxylic acids is 1. The van der Waals surface area contributed by atoms with E-state index in [9.17, 15) is 35.8 Å². The normalized spacial score (nSPS) is 18.8. The van der Waals surface area contributed by atoms with Crippen LogP contribution in [-0.4, -0.2) is 125 Å². The number of nitrogens with zero attached hydrogens (tertiary/aromatic N) is 4. The first-order chi connectivity index (χ1) is 30.6. The highest BCUT2D eigenvalue weighted by Crippen LogP contribution is 2.49. The van der Waals surface area contributed by atoms with Crippen molar-refractivity contribution in [2.24, 2.45) is 0 Å². The van der Waals surface area contributed by atoms with Crippen LogP contribution in [0.3, 0.4) is 0 Å². The van der Waals surface area contributed by atoms with Gasteiger partial charge >= 0.3 is 5.97 Å². The Morgan fingerprint density at radius 1 is 0.773 bits per heavy atom. The number of carboxylic acids is 1. The lowest BCUT2D eigenvalue weighted by molar-refractivity contribution is -0.871. The fourth-order valence-corrected chi connectivity index (χ4v) is 10.5. The fraction of sp³-hybridized carbons (Fsp3) is 0.451. The van der Waals surface area contributed by atoms with Crippen molar-refractivity contribution in [3.05, 3.63) is 124 Å². The molecular formula is C51H70N5O8S2+3. The molecule has 3 aliphatic rings. The van der Waals surface area contributed by atoms with E-state index < -0.39 is 37.0 Å². The van der Waals surface area contributed by atoms with Gasteiger partial charge in [0.25, 0.3) is 20.2 Å². The predicted molar refractivity (Wildman–Crippen MR) is 263 cm³/mol. The summed E-state index contributed by atoms with van der Waals surface area (Å²) in [6.07, 6.45) is 13.4. The minimum atomic E-state index is -4.42. The highest BCUT2D eigenvalue weighted by atomic mass is 32.2. The van der Waals surface area contributed by atoms with Crippen molar-refractivity contribution < 1.29 is 49.4 Å². The first-order valence-electron chi connectivity index (χ1n) is 22.7. The molecule has 0 aromatic heterocycles. The molecule has 6 rings (SSSR count). The summed E-state index contributed by atoms with van der Waals surface area (Å²) in [6, 6.07) is 17.6. The molecule has 0 atom stereocenters. The van der Waals surface area contributed by atoms with Crippen LogP contribution >= 0.6 is 0 Å². The number of rotatable bonds is 18. The minimum Gasteiger partial charge on any atom is -0.481 e. The molecule has 0 saturated heterocycles. The Kier molecular flexibility index (Phi) is 14.5. The molecule has 356 valence electrons. The smallest absolute Gasteiger partial charge is 0.303 e.